The van der Waals surface area contributed by atoms with E-state index >= 15 is 0 Å². The summed E-state index contributed by atoms with van der Waals surface area (Å²) in [7, 11) is -5.57. The van der Waals surface area contributed by atoms with Crippen LogP contribution in [-0.4, -0.2) is 53.3 Å². The fourth-order valence-electron chi connectivity index (χ4n) is 3.63. The Bertz CT molecular complexity index is 1050. The average molecular weight is 438 g/mol. The van der Waals surface area contributed by atoms with Crippen molar-refractivity contribution in [1.29, 1.82) is 0 Å². The first-order valence-electron chi connectivity index (χ1n) is 9.65. The molecule has 0 unspecified atom stereocenters. The summed E-state index contributed by atoms with van der Waals surface area (Å²) < 4.78 is 55.9. The molecule has 2 aromatic rings. The Kier molecular flexibility index (Phi) is 6.65. The molecule has 2 atom stereocenters. The van der Waals surface area contributed by atoms with E-state index in [-0.39, 0.29) is 16.4 Å². The average Bonchev–Trinajstić information content (AvgIpc) is 3.03. The Morgan fingerprint density at radius 2 is 1.79 bits per heavy atom. The molecule has 6 nitrogen and oxygen atoms in total. The van der Waals surface area contributed by atoms with Crippen LogP contribution in [-0.2, 0) is 32.5 Å². The van der Waals surface area contributed by atoms with Crippen molar-refractivity contribution in [3.8, 4) is 5.75 Å². The zero-order valence-corrected chi connectivity index (χ0v) is 18.3. The molecule has 8 heteroatoms. The second kappa shape index (κ2) is 8.85. The van der Waals surface area contributed by atoms with E-state index in [0.717, 1.165) is 23.3 Å². The van der Waals surface area contributed by atoms with Gasteiger partial charge >= 0.3 is 0 Å². The van der Waals surface area contributed by atoms with Crippen LogP contribution in [0.25, 0.3) is 0 Å². The lowest BCUT2D eigenvalue weighted by molar-refractivity contribution is 0.414. The molecule has 0 saturated carbocycles. The number of aryl methyl sites for hydroxylation is 1. The van der Waals surface area contributed by atoms with Crippen LogP contribution in [0, 0.1) is 0 Å². The van der Waals surface area contributed by atoms with Gasteiger partial charge in [0.2, 0.25) is 0 Å². The molecule has 1 aliphatic heterocycles. The van der Waals surface area contributed by atoms with Crippen molar-refractivity contribution < 1.29 is 21.6 Å². The van der Waals surface area contributed by atoms with Gasteiger partial charge in [-0.25, -0.2) is 16.8 Å². The number of methoxy groups -OCH3 is 1. The van der Waals surface area contributed by atoms with Gasteiger partial charge in [-0.3, -0.25) is 0 Å². The summed E-state index contributed by atoms with van der Waals surface area (Å²) in [5.41, 5.74) is 2.07. The molecule has 0 aliphatic carbocycles. The van der Waals surface area contributed by atoms with E-state index in [0.29, 0.717) is 13.0 Å². The molecule has 0 aromatic heterocycles. The second-order valence-electron chi connectivity index (χ2n) is 7.32. The Morgan fingerprint density at radius 1 is 1.07 bits per heavy atom. The van der Waals surface area contributed by atoms with Crippen molar-refractivity contribution >= 4 is 19.7 Å². The molecule has 29 heavy (non-hydrogen) atoms. The summed E-state index contributed by atoms with van der Waals surface area (Å²) in [5.74, 6) is 0.242. The quantitative estimate of drug-likeness (QED) is 0.680. The van der Waals surface area contributed by atoms with Crippen LogP contribution in [0.2, 0.25) is 0 Å². The van der Waals surface area contributed by atoms with Gasteiger partial charge in [-0.1, -0.05) is 31.2 Å². The highest BCUT2D eigenvalue weighted by atomic mass is 32.2. The van der Waals surface area contributed by atoms with Gasteiger partial charge in [0.25, 0.3) is 0 Å². The molecule has 0 spiro atoms. The van der Waals surface area contributed by atoms with E-state index in [1.165, 1.54) is 0 Å². The Hall–Kier alpha value is -1.90. The molecule has 1 heterocycles. The number of rotatable bonds is 8. The maximum absolute atomic E-state index is 13.1. The topological polar surface area (TPSA) is 89.5 Å². The molecule has 3 rings (SSSR count). The summed E-state index contributed by atoms with van der Waals surface area (Å²) in [5, 5.41) is 2.19. The maximum atomic E-state index is 13.1. The Balaban J connectivity index is 1.74. The van der Waals surface area contributed by atoms with Crippen molar-refractivity contribution in [3.05, 3.63) is 59.7 Å². The van der Waals surface area contributed by atoms with Crippen molar-refractivity contribution in [3.63, 3.8) is 0 Å². The lowest BCUT2D eigenvalue weighted by Crippen LogP contribution is -2.44. The fourth-order valence-corrected chi connectivity index (χ4v) is 8.35. The number of hydrogen-bond donors (Lipinski definition) is 1. The minimum absolute atomic E-state index is 0.165. The summed E-state index contributed by atoms with van der Waals surface area (Å²) in [4.78, 5) is 0.177. The van der Waals surface area contributed by atoms with Crippen molar-refractivity contribution in [1.82, 2.24) is 5.32 Å². The SMILES string of the molecule is CCc1ccc(S(=O)(=O)[C@H]2CS(=O)(=O)C[C@@H]2NCCc2cccc(OC)c2)cc1. The molecular weight excluding hydrogens is 410 g/mol. The highest BCUT2D eigenvalue weighted by Gasteiger charge is 2.45. The van der Waals surface area contributed by atoms with Crippen LogP contribution in [0.15, 0.2) is 53.4 Å². The number of nitrogens with one attached hydrogen (secondary N) is 1. The molecule has 2 aromatic carbocycles. The van der Waals surface area contributed by atoms with Crippen molar-refractivity contribution in [2.45, 2.75) is 36.0 Å². The number of sulfone groups is 2. The van der Waals surface area contributed by atoms with Crippen molar-refractivity contribution in [2.24, 2.45) is 0 Å². The van der Waals surface area contributed by atoms with Gasteiger partial charge in [0.15, 0.2) is 19.7 Å². The second-order valence-corrected chi connectivity index (χ2v) is 11.6. The van der Waals surface area contributed by atoms with Gasteiger partial charge in [0.1, 0.15) is 5.75 Å². The molecule has 1 aliphatic rings. The summed E-state index contributed by atoms with van der Waals surface area (Å²) >= 11 is 0. The number of benzene rings is 2. The molecule has 158 valence electrons. The van der Waals surface area contributed by atoms with Gasteiger partial charge in [0, 0.05) is 6.04 Å². The highest BCUT2D eigenvalue weighted by molar-refractivity contribution is 7.96. The summed E-state index contributed by atoms with van der Waals surface area (Å²) in [6, 6.07) is 13.7. The van der Waals surface area contributed by atoms with Gasteiger partial charge < -0.3 is 10.1 Å². The molecular formula is C21H27NO5S2. The standard InChI is InChI=1S/C21H27NO5S2/c1-3-16-7-9-19(10-8-16)29(25,26)21-15-28(23,24)14-20(21)22-12-11-17-5-4-6-18(13-17)27-2/h4-10,13,20-22H,3,11-12,14-15H2,1-2H3/t20-,21-/m0/s1. The van der Waals surface area contributed by atoms with Crippen LogP contribution in [0.5, 0.6) is 5.75 Å². The fraction of sp³-hybridized carbons (Fsp3) is 0.429. The van der Waals surface area contributed by atoms with Gasteiger partial charge in [-0.15, -0.1) is 0 Å². The Labute approximate surface area is 173 Å². The molecule has 0 radical (unpaired) electrons. The number of ether oxygens (including phenoxy) is 1. The van der Waals surface area contributed by atoms with Crippen LogP contribution in [0.3, 0.4) is 0 Å². The van der Waals surface area contributed by atoms with Gasteiger partial charge in [-0.2, -0.15) is 0 Å². The van der Waals surface area contributed by atoms with Crippen LogP contribution in [0.1, 0.15) is 18.1 Å². The Morgan fingerprint density at radius 3 is 2.45 bits per heavy atom. The van der Waals surface area contributed by atoms with E-state index in [4.69, 9.17) is 4.74 Å². The minimum Gasteiger partial charge on any atom is -0.497 e. The van der Waals surface area contributed by atoms with Crippen molar-refractivity contribution in [2.75, 3.05) is 25.2 Å². The molecule has 1 fully saturated rings. The third kappa shape index (κ3) is 5.18. The summed E-state index contributed by atoms with van der Waals surface area (Å²) in [6.07, 6.45) is 1.46. The van der Waals surface area contributed by atoms with Gasteiger partial charge in [-0.05, 0) is 54.8 Å². The predicted octanol–water partition coefficient (Wildman–Crippen LogP) is 2.03. The van der Waals surface area contributed by atoms with E-state index in [1.54, 1.807) is 31.4 Å². The first-order valence-corrected chi connectivity index (χ1v) is 13.0. The predicted molar refractivity (Wildman–Crippen MR) is 114 cm³/mol. The third-order valence-corrected chi connectivity index (χ3v) is 9.48. The van der Waals surface area contributed by atoms with Gasteiger partial charge in [0.05, 0.1) is 28.8 Å². The molecule has 1 N–H and O–H groups in total. The van der Waals surface area contributed by atoms with Crippen LogP contribution in [0.4, 0.5) is 0 Å². The lowest BCUT2D eigenvalue weighted by atomic mass is 10.1. The largest absolute Gasteiger partial charge is 0.497 e. The van der Waals surface area contributed by atoms with E-state index in [2.05, 4.69) is 5.32 Å². The molecule has 0 amide bonds. The zero-order chi connectivity index (χ0) is 21.1. The van der Waals surface area contributed by atoms with E-state index < -0.39 is 31.0 Å². The highest BCUT2D eigenvalue weighted by Crippen LogP contribution is 2.26. The van der Waals surface area contributed by atoms with Crippen LogP contribution < -0.4 is 10.1 Å². The zero-order valence-electron chi connectivity index (χ0n) is 16.7. The van der Waals surface area contributed by atoms with Crippen LogP contribution >= 0.6 is 0 Å². The normalized spacial score (nSPS) is 21.2. The van der Waals surface area contributed by atoms with E-state index in [9.17, 15) is 16.8 Å². The first kappa shape index (κ1) is 21.8. The number of hydrogen-bond acceptors (Lipinski definition) is 6. The molecule has 1 saturated heterocycles. The smallest absolute Gasteiger partial charge is 0.183 e. The third-order valence-electron chi connectivity index (χ3n) is 5.31. The maximum Gasteiger partial charge on any atom is 0.183 e. The lowest BCUT2D eigenvalue weighted by Gasteiger charge is -2.20. The minimum atomic E-state index is -3.75. The monoisotopic (exact) mass is 437 g/mol. The molecule has 0 bridgehead atoms. The van der Waals surface area contributed by atoms with E-state index in [1.807, 2.05) is 31.2 Å². The summed E-state index contributed by atoms with van der Waals surface area (Å²) in [6.45, 7) is 2.48. The first-order chi connectivity index (χ1) is 13.7.